The van der Waals surface area contributed by atoms with Crippen LogP contribution in [0.1, 0.15) is 30.1 Å². The summed E-state index contributed by atoms with van der Waals surface area (Å²) >= 11 is 3.12. The van der Waals surface area contributed by atoms with Crippen molar-refractivity contribution in [1.82, 2.24) is 10.2 Å². The zero-order chi connectivity index (χ0) is 13.8. The van der Waals surface area contributed by atoms with Gasteiger partial charge in [0.25, 0.3) is 5.91 Å². The summed E-state index contributed by atoms with van der Waals surface area (Å²) in [6.07, 6.45) is 2.11. The van der Waals surface area contributed by atoms with E-state index in [1.165, 1.54) is 6.07 Å². The predicted molar refractivity (Wildman–Crippen MR) is 76.7 cm³/mol. The first kappa shape index (κ1) is 14.5. The molecule has 1 amide bonds. The summed E-state index contributed by atoms with van der Waals surface area (Å²) < 4.78 is 13.5. The minimum absolute atomic E-state index is 0.0306. The smallest absolute Gasteiger partial charge is 0.254 e. The van der Waals surface area contributed by atoms with Crippen LogP contribution in [0.5, 0.6) is 0 Å². The van der Waals surface area contributed by atoms with Gasteiger partial charge in [-0.3, -0.25) is 4.79 Å². The Hall–Kier alpha value is -0.940. The second-order valence-corrected chi connectivity index (χ2v) is 5.57. The van der Waals surface area contributed by atoms with Crippen molar-refractivity contribution in [3.8, 4) is 0 Å². The summed E-state index contributed by atoms with van der Waals surface area (Å²) in [5.41, 5.74) is 0.528. The molecular weight excluding hydrogens is 311 g/mol. The highest BCUT2D eigenvalue weighted by atomic mass is 79.9. The van der Waals surface area contributed by atoms with E-state index in [1.807, 2.05) is 11.8 Å². The van der Waals surface area contributed by atoms with Gasteiger partial charge in [-0.1, -0.05) is 0 Å². The molecule has 1 N–H and O–H groups in total. The van der Waals surface area contributed by atoms with E-state index in [-0.39, 0.29) is 17.8 Å². The topological polar surface area (TPSA) is 32.3 Å². The Morgan fingerprint density at radius 1 is 1.58 bits per heavy atom. The van der Waals surface area contributed by atoms with Crippen LogP contribution in [0.25, 0.3) is 0 Å². The molecule has 1 fully saturated rings. The highest BCUT2D eigenvalue weighted by molar-refractivity contribution is 9.10. The van der Waals surface area contributed by atoms with E-state index < -0.39 is 0 Å². The van der Waals surface area contributed by atoms with Crippen LogP contribution < -0.4 is 5.32 Å². The van der Waals surface area contributed by atoms with Crippen molar-refractivity contribution in [2.24, 2.45) is 0 Å². The first-order valence-corrected chi connectivity index (χ1v) is 7.39. The molecule has 0 saturated carbocycles. The van der Waals surface area contributed by atoms with Gasteiger partial charge >= 0.3 is 0 Å². The van der Waals surface area contributed by atoms with E-state index >= 15 is 0 Å². The normalized spacial score (nSPS) is 19.2. The molecule has 0 radical (unpaired) electrons. The molecule has 3 nitrogen and oxygen atoms in total. The first-order valence-electron chi connectivity index (χ1n) is 6.60. The van der Waals surface area contributed by atoms with Gasteiger partial charge in [-0.15, -0.1) is 0 Å². The van der Waals surface area contributed by atoms with E-state index in [0.29, 0.717) is 16.6 Å². The van der Waals surface area contributed by atoms with Crippen molar-refractivity contribution in [1.29, 1.82) is 0 Å². The number of halogens is 2. The van der Waals surface area contributed by atoms with Crippen LogP contribution in [0.15, 0.2) is 22.7 Å². The number of carbonyl (C=O) groups is 1. The van der Waals surface area contributed by atoms with Gasteiger partial charge in [0.05, 0.1) is 4.47 Å². The van der Waals surface area contributed by atoms with E-state index in [0.717, 1.165) is 25.9 Å². The van der Waals surface area contributed by atoms with Crippen molar-refractivity contribution in [3.63, 3.8) is 0 Å². The molecule has 1 aliphatic heterocycles. The molecule has 0 aromatic heterocycles. The summed E-state index contributed by atoms with van der Waals surface area (Å²) in [4.78, 5) is 14.4. The Labute approximate surface area is 121 Å². The highest BCUT2D eigenvalue weighted by Gasteiger charge is 2.25. The zero-order valence-electron chi connectivity index (χ0n) is 11.0. The molecule has 1 aromatic rings. The van der Waals surface area contributed by atoms with Gasteiger partial charge < -0.3 is 10.2 Å². The van der Waals surface area contributed by atoms with Crippen LogP contribution in [0.3, 0.4) is 0 Å². The maximum absolute atomic E-state index is 13.2. The van der Waals surface area contributed by atoms with E-state index in [9.17, 15) is 9.18 Å². The number of hydrogen-bond donors (Lipinski definition) is 1. The SMILES string of the molecule is CCN(C(=O)c1ccc(F)c(Br)c1)C1CCCNC1. The third kappa shape index (κ3) is 3.34. The fourth-order valence-corrected chi connectivity index (χ4v) is 2.84. The molecule has 0 aliphatic carbocycles. The summed E-state index contributed by atoms with van der Waals surface area (Å²) in [5.74, 6) is -0.379. The number of rotatable bonds is 3. The minimum Gasteiger partial charge on any atom is -0.335 e. The lowest BCUT2D eigenvalue weighted by Gasteiger charge is -2.34. The predicted octanol–water partition coefficient (Wildman–Crippen LogP) is 2.80. The van der Waals surface area contributed by atoms with Gasteiger partial charge in [0.15, 0.2) is 0 Å². The molecule has 1 heterocycles. The summed E-state index contributed by atoms with van der Waals surface area (Å²) in [6, 6.07) is 4.65. The van der Waals surface area contributed by atoms with Crippen molar-refractivity contribution in [2.45, 2.75) is 25.8 Å². The van der Waals surface area contributed by atoms with Crippen molar-refractivity contribution in [2.75, 3.05) is 19.6 Å². The fraction of sp³-hybridized carbons (Fsp3) is 0.500. The molecule has 104 valence electrons. The van der Waals surface area contributed by atoms with Crippen LogP contribution >= 0.6 is 15.9 Å². The third-order valence-corrected chi connectivity index (χ3v) is 4.09. The number of carbonyl (C=O) groups excluding carboxylic acids is 1. The number of piperidine rings is 1. The Balaban J connectivity index is 2.17. The number of nitrogens with one attached hydrogen (secondary N) is 1. The molecule has 19 heavy (non-hydrogen) atoms. The molecule has 0 bridgehead atoms. The molecule has 1 saturated heterocycles. The van der Waals surface area contributed by atoms with Crippen molar-refractivity contribution < 1.29 is 9.18 Å². The lowest BCUT2D eigenvalue weighted by Crippen LogP contribution is -2.48. The molecular formula is C14H18BrFN2O. The van der Waals surface area contributed by atoms with Gasteiger partial charge in [-0.2, -0.15) is 0 Å². The van der Waals surface area contributed by atoms with E-state index in [4.69, 9.17) is 0 Å². The van der Waals surface area contributed by atoms with Crippen LogP contribution in [0, 0.1) is 5.82 Å². The third-order valence-electron chi connectivity index (χ3n) is 3.48. The molecule has 2 rings (SSSR count). The number of likely N-dealkylation sites (N-methyl/N-ethyl adjacent to an activating group) is 1. The standard InChI is InChI=1S/C14H18BrFN2O/c1-2-18(11-4-3-7-17-9-11)14(19)10-5-6-13(16)12(15)8-10/h5-6,8,11,17H,2-4,7,9H2,1H3. The molecule has 1 aromatic carbocycles. The first-order chi connectivity index (χ1) is 9.13. The maximum Gasteiger partial charge on any atom is 0.254 e. The van der Waals surface area contributed by atoms with Gasteiger partial charge in [-0.05, 0) is 60.4 Å². The van der Waals surface area contributed by atoms with E-state index in [2.05, 4.69) is 21.2 Å². The summed E-state index contributed by atoms with van der Waals surface area (Å²) in [7, 11) is 0. The van der Waals surface area contributed by atoms with Crippen LogP contribution in [0.4, 0.5) is 4.39 Å². The maximum atomic E-state index is 13.2. The summed E-state index contributed by atoms with van der Waals surface area (Å²) in [6.45, 7) is 4.50. The Morgan fingerprint density at radius 3 is 2.95 bits per heavy atom. The highest BCUT2D eigenvalue weighted by Crippen LogP contribution is 2.20. The minimum atomic E-state index is -0.348. The molecule has 0 spiro atoms. The molecule has 5 heteroatoms. The van der Waals surface area contributed by atoms with Gasteiger partial charge in [-0.25, -0.2) is 4.39 Å². The molecule has 1 atom stereocenters. The van der Waals surface area contributed by atoms with Gasteiger partial charge in [0.1, 0.15) is 5.82 Å². The number of amides is 1. The fourth-order valence-electron chi connectivity index (χ4n) is 2.46. The van der Waals surface area contributed by atoms with Gasteiger partial charge in [0.2, 0.25) is 0 Å². The van der Waals surface area contributed by atoms with Crippen LogP contribution in [0.2, 0.25) is 0 Å². The Kier molecular flexibility index (Phi) is 4.93. The monoisotopic (exact) mass is 328 g/mol. The van der Waals surface area contributed by atoms with Crippen molar-refractivity contribution in [3.05, 3.63) is 34.1 Å². The molecule has 1 aliphatic rings. The van der Waals surface area contributed by atoms with Crippen LogP contribution in [-0.4, -0.2) is 36.5 Å². The zero-order valence-corrected chi connectivity index (χ0v) is 12.5. The van der Waals surface area contributed by atoms with Crippen LogP contribution in [-0.2, 0) is 0 Å². The van der Waals surface area contributed by atoms with Gasteiger partial charge in [0, 0.05) is 24.7 Å². The second-order valence-electron chi connectivity index (χ2n) is 4.72. The number of nitrogens with zero attached hydrogens (tertiary/aromatic N) is 1. The van der Waals surface area contributed by atoms with E-state index in [1.54, 1.807) is 12.1 Å². The average molecular weight is 329 g/mol. The lowest BCUT2D eigenvalue weighted by atomic mass is 10.0. The second kappa shape index (κ2) is 6.48. The molecule has 1 unspecified atom stereocenters. The quantitative estimate of drug-likeness (QED) is 0.925. The Bertz CT molecular complexity index is 461. The average Bonchev–Trinajstić information content (AvgIpc) is 2.44. The lowest BCUT2D eigenvalue weighted by molar-refractivity contribution is 0.0662. The summed E-state index contributed by atoms with van der Waals surface area (Å²) in [5, 5.41) is 3.31. The number of hydrogen-bond acceptors (Lipinski definition) is 2. The van der Waals surface area contributed by atoms with Crippen molar-refractivity contribution >= 4 is 21.8 Å². The Morgan fingerprint density at radius 2 is 2.37 bits per heavy atom. The number of benzene rings is 1. The largest absolute Gasteiger partial charge is 0.335 e.